The fourth-order valence-electron chi connectivity index (χ4n) is 4.50. The number of pyridine rings is 1. The van der Waals surface area contributed by atoms with Crippen LogP contribution < -0.4 is 15.5 Å². The largest absolute Gasteiger partial charge is 0.468 e. The fourth-order valence-corrected chi connectivity index (χ4v) is 4.50. The highest BCUT2D eigenvalue weighted by Gasteiger charge is 2.24. The molecule has 0 radical (unpaired) electrons. The topological polar surface area (TPSA) is 72.2 Å². The third-order valence-corrected chi connectivity index (χ3v) is 6.49. The molecule has 0 spiro atoms. The molecule has 8 heteroatoms. The van der Waals surface area contributed by atoms with E-state index >= 15 is 0 Å². The van der Waals surface area contributed by atoms with E-state index < -0.39 is 0 Å². The second-order valence-corrected chi connectivity index (χ2v) is 8.75. The summed E-state index contributed by atoms with van der Waals surface area (Å²) in [6.07, 6.45) is 7.49. The van der Waals surface area contributed by atoms with E-state index in [1.54, 1.807) is 6.26 Å². The van der Waals surface area contributed by atoms with Crippen molar-refractivity contribution in [3.63, 3.8) is 0 Å². The first-order valence-corrected chi connectivity index (χ1v) is 11.8. The molecule has 2 saturated heterocycles. The highest BCUT2D eigenvalue weighted by atomic mass is 16.3. The molecule has 1 unspecified atom stereocenters. The molecule has 0 saturated carbocycles. The molecular formula is C24H37N7O. The van der Waals surface area contributed by atoms with Crippen LogP contribution in [0, 0.1) is 0 Å². The average Bonchev–Trinajstić information content (AvgIpc) is 3.37. The lowest BCUT2D eigenvalue weighted by Crippen LogP contribution is -2.45. The third kappa shape index (κ3) is 6.01. The first-order valence-electron chi connectivity index (χ1n) is 11.8. The maximum atomic E-state index is 5.76. The zero-order valence-corrected chi connectivity index (χ0v) is 19.5. The SMILES string of the molecule is CN=C(NCc1ccnc(N2CCN(C)CC2)c1)NCC(c1ccco1)N1CCCCC1. The minimum Gasteiger partial charge on any atom is -0.468 e. The second kappa shape index (κ2) is 11.3. The Bertz CT molecular complexity index is 840. The maximum absolute atomic E-state index is 5.76. The second-order valence-electron chi connectivity index (χ2n) is 8.75. The summed E-state index contributed by atoms with van der Waals surface area (Å²) in [6.45, 7) is 7.90. The van der Waals surface area contributed by atoms with E-state index in [4.69, 9.17) is 4.42 Å². The van der Waals surface area contributed by atoms with Gasteiger partial charge in [-0.25, -0.2) is 4.98 Å². The van der Waals surface area contributed by atoms with Crippen LogP contribution in [0.1, 0.15) is 36.6 Å². The van der Waals surface area contributed by atoms with Crippen LogP contribution in [0.25, 0.3) is 0 Å². The summed E-state index contributed by atoms with van der Waals surface area (Å²) in [5, 5.41) is 6.98. The molecule has 0 bridgehead atoms. The zero-order valence-electron chi connectivity index (χ0n) is 19.5. The molecule has 4 rings (SSSR count). The van der Waals surface area contributed by atoms with Crippen molar-refractivity contribution in [3.8, 4) is 0 Å². The van der Waals surface area contributed by atoms with Crippen LogP contribution in [-0.2, 0) is 6.54 Å². The molecule has 174 valence electrons. The Morgan fingerprint density at radius 2 is 1.91 bits per heavy atom. The van der Waals surface area contributed by atoms with Gasteiger partial charge < -0.3 is 24.9 Å². The molecule has 2 aromatic heterocycles. The van der Waals surface area contributed by atoms with Crippen molar-refractivity contribution >= 4 is 11.8 Å². The number of likely N-dealkylation sites (tertiary alicyclic amines) is 1. The van der Waals surface area contributed by atoms with Gasteiger partial charge in [-0.05, 0) is 62.8 Å². The van der Waals surface area contributed by atoms with Gasteiger partial charge in [0.25, 0.3) is 0 Å². The minimum absolute atomic E-state index is 0.216. The summed E-state index contributed by atoms with van der Waals surface area (Å²) in [6, 6.07) is 8.52. The maximum Gasteiger partial charge on any atom is 0.191 e. The Hall–Kier alpha value is -2.58. The Morgan fingerprint density at radius 3 is 2.62 bits per heavy atom. The standard InChI is InChI=1S/C24H37N7O/c1-25-24(28-19-21(22-7-6-16-32-22)30-10-4-3-5-11-30)27-18-20-8-9-26-23(17-20)31-14-12-29(2)13-15-31/h6-9,16-17,21H,3-5,10-15,18-19H2,1-2H3,(H2,25,27,28). The summed E-state index contributed by atoms with van der Waals surface area (Å²) >= 11 is 0. The van der Waals surface area contributed by atoms with E-state index in [1.807, 2.05) is 19.3 Å². The predicted octanol–water partition coefficient (Wildman–Crippen LogP) is 2.32. The van der Waals surface area contributed by atoms with Crippen molar-refractivity contribution in [1.29, 1.82) is 0 Å². The molecule has 32 heavy (non-hydrogen) atoms. The fraction of sp³-hybridized carbons (Fsp3) is 0.583. The molecule has 2 N–H and O–H groups in total. The van der Waals surface area contributed by atoms with Gasteiger partial charge in [0, 0.05) is 52.5 Å². The summed E-state index contributed by atoms with van der Waals surface area (Å²) in [5.41, 5.74) is 1.20. The van der Waals surface area contributed by atoms with Gasteiger partial charge in [-0.2, -0.15) is 0 Å². The first kappa shape index (κ1) is 22.6. The molecule has 2 aliphatic heterocycles. The summed E-state index contributed by atoms with van der Waals surface area (Å²) in [7, 11) is 3.99. The Morgan fingerprint density at radius 1 is 1.09 bits per heavy atom. The van der Waals surface area contributed by atoms with Crippen molar-refractivity contribution in [2.45, 2.75) is 31.8 Å². The van der Waals surface area contributed by atoms with E-state index in [9.17, 15) is 0 Å². The number of nitrogens with zero attached hydrogens (tertiary/aromatic N) is 5. The van der Waals surface area contributed by atoms with E-state index in [-0.39, 0.29) is 6.04 Å². The van der Waals surface area contributed by atoms with Gasteiger partial charge in [0.15, 0.2) is 5.96 Å². The van der Waals surface area contributed by atoms with E-state index in [2.05, 4.69) is 60.6 Å². The van der Waals surface area contributed by atoms with Gasteiger partial charge in [0.2, 0.25) is 0 Å². The number of nitrogens with one attached hydrogen (secondary N) is 2. The normalized spacial score (nSPS) is 19.7. The van der Waals surface area contributed by atoms with Crippen molar-refractivity contribution in [3.05, 3.63) is 48.0 Å². The lowest BCUT2D eigenvalue weighted by Gasteiger charge is -2.33. The Balaban J connectivity index is 1.32. The number of piperidine rings is 1. The number of aromatic nitrogens is 1. The Labute approximate surface area is 191 Å². The van der Waals surface area contributed by atoms with E-state index in [0.29, 0.717) is 6.54 Å². The summed E-state index contributed by atoms with van der Waals surface area (Å²) in [5.74, 6) is 2.88. The van der Waals surface area contributed by atoms with Crippen molar-refractivity contribution < 1.29 is 4.42 Å². The molecule has 1 atom stereocenters. The van der Waals surface area contributed by atoms with Crippen LogP contribution >= 0.6 is 0 Å². The molecule has 0 aliphatic carbocycles. The number of hydrogen-bond acceptors (Lipinski definition) is 6. The smallest absolute Gasteiger partial charge is 0.191 e. The van der Waals surface area contributed by atoms with Crippen LogP contribution in [0.15, 0.2) is 46.1 Å². The molecule has 4 heterocycles. The number of guanidine groups is 1. The molecule has 2 aromatic rings. The number of hydrogen-bond donors (Lipinski definition) is 2. The van der Waals surface area contributed by atoms with Crippen molar-refractivity contribution in [2.75, 3.05) is 64.8 Å². The lowest BCUT2D eigenvalue weighted by atomic mass is 10.1. The lowest BCUT2D eigenvalue weighted by molar-refractivity contribution is 0.146. The number of anilines is 1. The monoisotopic (exact) mass is 439 g/mol. The van der Waals surface area contributed by atoms with Crippen LogP contribution in [0.5, 0.6) is 0 Å². The number of piperazine rings is 1. The van der Waals surface area contributed by atoms with E-state index in [0.717, 1.165) is 63.4 Å². The molecule has 2 fully saturated rings. The van der Waals surface area contributed by atoms with Gasteiger partial charge in [-0.1, -0.05) is 6.42 Å². The van der Waals surface area contributed by atoms with Crippen LogP contribution in [0.4, 0.5) is 5.82 Å². The minimum atomic E-state index is 0.216. The summed E-state index contributed by atoms with van der Waals surface area (Å²) < 4.78 is 5.76. The number of likely N-dealkylation sites (N-methyl/N-ethyl adjacent to an activating group) is 1. The quantitative estimate of drug-likeness (QED) is 0.507. The predicted molar refractivity (Wildman–Crippen MR) is 129 cm³/mol. The number of aliphatic imine (C=N–C) groups is 1. The van der Waals surface area contributed by atoms with Crippen LogP contribution in [-0.4, -0.2) is 80.7 Å². The first-order chi connectivity index (χ1) is 15.7. The van der Waals surface area contributed by atoms with Gasteiger partial charge >= 0.3 is 0 Å². The Kier molecular flexibility index (Phi) is 8.01. The zero-order chi connectivity index (χ0) is 22.2. The van der Waals surface area contributed by atoms with Crippen LogP contribution in [0.3, 0.4) is 0 Å². The molecular weight excluding hydrogens is 402 g/mol. The molecule has 2 aliphatic rings. The molecule has 0 aromatic carbocycles. The van der Waals surface area contributed by atoms with Crippen molar-refractivity contribution in [1.82, 2.24) is 25.4 Å². The van der Waals surface area contributed by atoms with Gasteiger partial charge in [-0.15, -0.1) is 0 Å². The van der Waals surface area contributed by atoms with Gasteiger partial charge in [-0.3, -0.25) is 9.89 Å². The average molecular weight is 440 g/mol. The number of furan rings is 1. The van der Waals surface area contributed by atoms with Gasteiger partial charge in [0.1, 0.15) is 11.6 Å². The van der Waals surface area contributed by atoms with Crippen molar-refractivity contribution in [2.24, 2.45) is 4.99 Å². The third-order valence-electron chi connectivity index (χ3n) is 6.49. The van der Waals surface area contributed by atoms with Crippen LogP contribution in [0.2, 0.25) is 0 Å². The summed E-state index contributed by atoms with van der Waals surface area (Å²) in [4.78, 5) is 16.3. The highest BCUT2D eigenvalue weighted by Crippen LogP contribution is 2.24. The molecule has 0 amide bonds. The highest BCUT2D eigenvalue weighted by molar-refractivity contribution is 5.79. The number of rotatable bonds is 7. The van der Waals surface area contributed by atoms with Gasteiger partial charge in [0.05, 0.1) is 12.3 Å². The van der Waals surface area contributed by atoms with E-state index in [1.165, 1.54) is 24.8 Å². The molecule has 8 nitrogen and oxygen atoms in total.